The molecule has 1 amide bonds. The summed E-state index contributed by atoms with van der Waals surface area (Å²) in [5, 5.41) is 12.8. The zero-order valence-corrected chi connectivity index (χ0v) is 10.7. The van der Waals surface area contributed by atoms with Crippen molar-refractivity contribution >= 4 is 5.91 Å². The molecule has 0 spiro atoms. The molecule has 1 saturated carbocycles. The number of rotatable bonds is 3. The largest absolute Gasteiger partial charge is 0.388 e. The highest BCUT2D eigenvalue weighted by molar-refractivity contribution is 5.94. The summed E-state index contributed by atoms with van der Waals surface area (Å²) in [4.78, 5) is 12.0. The first-order chi connectivity index (χ1) is 8.61. The molecule has 2 N–H and O–H groups in total. The summed E-state index contributed by atoms with van der Waals surface area (Å²) >= 11 is 0. The second-order valence-electron chi connectivity index (χ2n) is 4.79. The van der Waals surface area contributed by atoms with E-state index < -0.39 is 6.10 Å². The van der Waals surface area contributed by atoms with E-state index in [9.17, 15) is 9.90 Å². The molecule has 3 atom stereocenters. The maximum absolute atomic E-state index is 12.0. The van der Waals surface area contributed by atoms with E-state index in [2.05, 4.69) is 5.32 Å². The van der Waals surface area contributed by atoms with E-state index in [1.807, 2.05) is 19.1 Å². The van der Waals surface area contributed by atoms with Crippen LogP contribution in [0.2, 0.25) is 0 Å². The number of methoxy groups -OCH3 is 1. The van der Waals surface area contributed by atoms with Gasteiger partial charge in [-0.25, -0.2) is 0 Å². The van der Waals surface area contributed by atoms with Crippen LogP contribution in [0.4, 0.5) is 0 Å². The van der Waals surface area contributed by atoms with Gasteiger partial charge in [0, 0.05) is 12.7 Å². The van der Waals surface area contributed by atoms with Crippen LogP contribution in [0, 0.1) is 6.92 Å². The van der Waals surface area contributed by atoms with E-state index >= 15 is 0 Å². The van der Waals surface area contributed by atoms with Crippen molar-refractivity contribution in [3.8, 4) is 0 Å². The van der Waals surface area contributed by atoms with Crippen LogP contribution in [0.25, 0.3) is 0 Å². The molecule has 0 heterocycles. The number of carbonyl (C=O) groups excluding carboxylic acids is 1. The molecule has 18 heavy (non-hydrogen) atoms. The third-order valence-corrected chi connectivity index (χ3v) is 3.49. The fourth-order valence-corrected chi connectivity index (χ4v) is 2.32. The lowest BCUT2D eigenvalue weighted by Crippen LogP contribution is -2.43. The molecule has 4 nitrogen and oxygen atoms in total. The topological polar surface area (TPSA) is 58.6 Å². The fourth-order valence-electron chi connectivity index (χ4n) is 2.32. The normalized spacial score (nSPS) is 27.2. The molecule has 2 rings (SSSR count). The van der Waals surface area contributed by atoms with Gasteiger partial charge in [-0.2, -0.15) is 0 Å². The van der Waals surface area contributed by atoms with Crippen LogP contribution < -0.4 is 5.32 Å². The quantitative estimate of drug-likeness (QED) is 0.848. The molecule has 4 heteroatoms. The molecule has 0 saturated heterocycles. The Hall–Kier alpha value is -1.39. The van der Waals surface area contributed by atoms with Gasteiger partial charge in [-0.15, -0.1) is 0 Å². The van der Waals surface area contributed by atoms with Gasteiger partial charge in [-0.05, 0) is 31.9 Å². The fraction of sp³-hybridized carbons (Fsp3) is 0.500. The van der Waals surface area contributed by atoms with Crippen molar-refractivity contribution in [1.82, 2.24) is 5.32 Å². The molecule has 0 radical (unpaired) electrons. The molecule has 1 aliphatic rings. The standard InChI is InChI=1S/C14H19NO3/c1-9-3-5-10(6-4-9)14(17)15-11-7-8-12(18-2)13(11)16/h3-6,11-13,16H,7-8H2,1-2H3,(H,15,17)/t11-,12-,13-/m1/s1. The van der Waals surface area contributed by atoms with Crippen molar-refractivity contribution in [3.63, 3.8) is 0 Å². The lowest BCUT2D eigenvalue weighted by molar-refractivity contribution is 0.000208. The monoisotopic (exact) mass is 249 g/mol. The molecule has 1 aromatic carbocycles. The number of amides is 1. The van der Waals surface area contributed by atoms with Crippen LogP contribution in [0.3, 0.4) is 0 Å². The number of aryl methyl sites for hydroxylation is 1. The highest BCUT2D eigenvalue weighted by atomic mass is 16.5. The Morgan fingerprint density at radius 1 is 1.33 bits per heavy atom. The van der Waals surface area contributed by atoms with Crippen molar-refractivity contribution in [3.05, 3.63) is 35.4 Å². The first-order valence-electron chi connectivity index (χ1n) is 6.20. The summed E-state index contributed by atoms with van der Waals surface area (Å²) in [5.74, 6) is -0.143. The molecule has 1 fully saturated rings. The van der Waals surface area contributed by atoms with Gasteiger partial charge >= 0.3 is 0 Å². The Morgan fingerprint density at radius 3 is 2.56 bits per heavy atom. The SMILES string of the molecule is CO[C@@H]1CC[C@@H](NC(=O)c2ccc(C)cc2)[C@H]1O. The molecule has 1 aromatic rings. The van der Waals surface area contributed by atoms with Crippen LogP contribution in [-0.4, -0.2) is 36.4 Å². The maximum atomic E-state index is 12.0. The Kier molecular flexibility index (Phi) is 3.99. The Labute approximate surface area is 107 Å². The second-order valence-corrected chi connectivity index (χ2v) is 4.79. The number of aliphatic hydroxyl groups is 1. The average Bonchev–Trinajstić information content (AvgIpc) is 2.71. The smallest absolute Gasteiger partial charge is 0.251 e. The predicted octanol–water partition coefficient (Wildman–Crippen LogP) is 1.26. The third-order valence-electron chi connectivity index (χ3n) is 3.49. The van der Waals surface area contributed by atoms with Gasteiger partial charge in [0.15, 0.2) is 0 Å². The maximum Gasteiger partial charge on any atom is 0.251 e. The summed E-state index contributed by atoms with van der Waals surface area (Å²) in [6.45, 7) is 1.98. The molecule has 98 valence electrons. The molecule has 0 aliphatic heterocycles. The predicted molar refractivity (Wildman–Crippen MR) is 68.5 cm³/mol. The van der Waals surface area contributed by atoms with E-state index in [4.69, 9.17) is 4.74 Å². The number of aliphatic hydroxyl groups excluding tert-OH is 1. The number of hydrogen-bond donors (Lipinski definition) is 2. The van der Waals surface area contributed by atoms with E-state index in [0.29, 0.717) is 5.56 Å². The summed E-state index contributed by atoms with van der Waals surface area (Å²) in [5.41, 5.74) is 1.74. The van der Waals surface area contributed by atoms with Crippen LogP contribution in [0.15, 0.2) is 24.3 Å². The Balaban J connectivity index is 1.98. The van der Waals surface area contributed by atoms with Crippen LogP contribution in [-0.2, 0) is 4.74 Å². The van der Waals surface area contributed by atoms with Gasteiger partial charge in [-0.1, -0.05) is 17.7 Å². The first kappa shape index (κ1) is 13.1. The Morgan fingerprint density at radius 2 is 2.00 bits per heavy atom. The van der Waals surface area contributed by atoms with Crippen LogP contribution in [0.5, 0.6) is 0 Å². The highest BCUT2D eigenvalue weighted by Crippen LogP contribution is 2.22. The molecule has 0 aromatic heterocycles. The van der Waals surface area contributed by atoms with Gasteiger partial charge < -0.3 is 15.2 Å². The van der Waals surface area contributed by atoms with E-state index in [0.717, 1.165) is 18.4 Å². The number of hydrogen-bond acceptors (Lipinski definition) is 3. The van der Waals surface area contributed by atoms with Gasteiger partial charge in [0.25, 0.3) is 5.91 Å². The average molecular weight is 249 g/mol. The second kappa shape index (κ2) is 5.50. The van der Waals surface area contributed by atoms with Gasteiger partial charge in [0.1, 0.15) is 6.10 Å². The minimum atomic E-state index is -0.621. The van der Waals surface area contributed by atoms with Crippen molar-refractivity contribution < 1.29 is 14.6 Å². The molecular formula is C14H19NO3. The lowest BCUT2D eigenvalue weighted by atomic mass is 10.1. The summed E-state index contributed by atoms with van der Waals surface area (Å²) < 4.78 is 5.16. The van der Waals surface area contributed by atoms with E-state index in [1.54, 1.807) is 19.2 Å². The number of carbonyl (C=O) groups is 1. The van der Waals surface area contributed by atoms with E-state index in [1.165, 1.54) is 0 Å². The van der Waals surface area contributed by atoms with Crippen molar-refractivity contribution in [2.45, 2.75) is 38.0 Å². The number of nitrogens with one attached hydrogen (secondary N) is 1. The van der Waals surface area contributed by atoms with Gasteiger partial charge in [0.05, 0.1) is 12.1 Å². The summed E-state index contributed by atoms with van der Waals surface area (Å²) in [6.07, 6.45) is 0.728. The third kappa shape index (κ3) is 2.71. The van der Waals surface area contributed by atoms with Crippen LogP contribution >= 0.6 is 0 Å². The molecular weight excluding hydrogens is 230 g/mol. The summed E-state index contributed by atoms with van der Waals surface area (Å²) in [7, 11) is 1.58. The number of ether oxygens (including phenoxy) is 1. The van der Waals surface area contributed by atoms with Gasteiger partial charge in [-0.3, -0.25) is 4.79 Å². The molecule has 1 aliphatic carbocycles. The zero-order chi connectivity index (χ0) is 13.1. The van der Waals surface area contributed by atoms with Crippen molar-refractivity contribution in [1.29, 1.82) is 0 Å². The zero-order valence-electron chi connectivity index (χ0n) is 10.7. The summed E-state index contributed by atoms with van der Waals surface area (Å²) in [6, 6.07) is 7.17. The van der Waals surface area contributed by atoms with Crippen LogP contribution in [0.1, 0.15) is 28.8 Å². The minimum absolute atomic E-state index is 0.143. The first-order valence-corrected chi connectivity index (χ1v) is 6.20. The van der Waals surface area contributed by atoms with Crippen molar-refractivity contribution in [2.24, 2.45) is 0 Å². The number of benzene rings is 1. The van der Waals surface area contributed by atoms with Crippen molar-refractivity contribution in [2.75, 3.05) is 7.11 Å². The highest BCUT2D eigenvalue weighted by Gasteiger charge is 2.35. The minimum Gasteiger partial charge on any atom is -0.388 e. The van der Waals surface area contributed by atoms with Gasteiger partial charge in [0.2, 0.25) is 0 Å². The van der Waals surface area contributed by atoms with E-state index in [-0.39, 0.29) is 18.1 Å². The Bertz CT molecular complexity index is 416. The molecule has 0 unspecified atom stereocenters. The molecule has 0 bridgehead atoms. The lowest BCUT2D eigenvalue weighted by Gasteiger charge is -2.19.